The van der Waals surface area contributed by atoms with Gasteiger partial charge in [0.25, 0.3) is 0 Å². The number of piperazine rings is 1. The van der Waals surface area contributed by atoms with Crippen LogP contribution >= 0.6 is 0 Å². The lowest BCUT2D eigenvalue weighted by molar-refractivity contribution is -0.168. The lowest BCUT2D eigenvalue weighted by Crippen LogP contribution is -2.73. The quantitative estimate of drug-likeness (QED) is 0.738. The van der Waals surface area contributed by atoms with E-state index in [0.29, 0.717) is 12.1 Å². The van der Waals surface area contributed by atoms with Crippen molar-refractivity contribution in [2.75, 3.05) is 19.7 Å². The van der Waals surface area contributed by atoms with Crippen molar-refractivity contribution in [3.05, 3.63) is 71.0 Å². The summed E-state index contributed by atoms with van der Waals surface area (Å²) in [4.78, 5) is 29.2. The second-order valence-electron chi connectivity index (χ2n) is 9.23. The van der Waals surface area contributed by atoms with Gasteiger partial charge in [-0.2, -0.15) is 0 Å². The van der Waals surface area contributed by atoms with Gasteiger partial charge in [-0.15, -0.1) is 0 Å². The van der Waals surface area contributed by atoms with Gasteiger partial charge in [0, 0.05) is 29.5 Å². The third-order valence-corrected chi connectivity index (χ3v) is 7.24. The SMILES string of the molecule is O=C(C1CCCC1)N1CC(=O)N2[C@H](CO)[C@H](c3ccc(C#Cc4cccc(F)c4)cc3)[C@H]2C1. The maximum Gasteiger partial charge on any atom is 0.242 e. The van der Waals surface area contributed by atoms with E-state index >= 15 is 0 Å². The van der Waals surface area contributed by atoms with E-state index < -0.39 is 0 Å². The molecule has 0 aromatic heterocycles. The molecule has 2 heterocycles. The Morgan fingerprint density at radius 2 is 1.79 bits per heavy atom. The number of aliphatic hydroxyl groups is 1. The highest BCUT2D eigenvalue weighted by molar-refractivity contribution is 5.88. The van der Waals surface area contributed by atoms with Crippen LogP contribution in [0.1, 0.15) is 48.3 Å². The summed E-state index contributed by atoms with van der Waals surface area (Å²) in [5.74, 6) is 5.75. The number of carbonyl (C=O) groups excluding carboxylic acids is 2. The first-order chi connectivity index (χ1) is 16.0. The number of fused-ring (bicyclic) bond motifs is 1. The summed E-state index contributed by atoms with van der Waals surface area (Å²) < 4.78 is 13.3. The predicted octanol–water partition coefficient (Wildman–Crippen LogP) is 2.91. The summed E-state index contributed by atoms with van der Waals surface area (Å²) in [5, 5.41) is 9.98. The van der Waals surface area contributed by atoms with Crippen LogP contribution < -0.4 is 0 Å². The van der Waals surface area contributed by atoms with Crippen molar-refractivity contribution in [2.45, 2.75) is 43.7 Å². The molecule has 0 bridgehead atoms. The first-order valence-corrected chi connectivity index (χ1v) is 11.6. The van der Waals surface area contributed by atoms with Gasteiger partial charge < -0.3 is 14.9 Å². The van der Waals surface area contributed by atoms with Crippen LogP contribution in [0.3, 0.4) is 0 Å². The van der Waals surface area contributed by atoms with Crippen molar-refractivity contribution >= 4 is 11.8 Å². The van der Waals surface area contributed by atoms with Crippen molar-refractivity contribution < 1.29 is 19.1 Å². The van der Waals surface area contributed by atoms with Crippen LogP contribution in [0.25, 0.3) is 0 Å². The van der Waals surface area contributed by atoms with E-state index in [0.717, 1.165) is 36.8 Å². The average Bonchev–Trinajstić information content (AvgIpc) is 3.34. The molecular formula is C27H27FN2O3. The normalized spacial score (nSPS) is 24.7. The highest BCUT2D eigenvalue weighted by atomic mass is 19.1. The van der Waals surface area contributed by atoms with E-state index in [2.05, 4.69) is 11.8 Å². The Hall–Kier alpha value is -3.17. The highest BCUT2D eigenvalue weighted by Crippen LogP contribution is 2.43. The Kier molecular flexibility index (Phi) is 5.90. The molecular weight excluding hydrogens is 419 g/mol. The van der Waals surface area contributed by atoms with Crippen LogP contribution in [0.5, 0.6) is 0 Å². The van der Waals surface area contributed by atoms with Crippen LogP contribution in [0.15, 0.2) is 48.5 Å². The maximum absolute atomic E-state index is 13.3. The van der Waals surface area contributed by atoms with Crippen LogP contribution in [-0.4, -0.2) is 58.5 Å². The Balaban J connectivity index is 1.32. The van der Waals surface area contributed by atoms with Crippen LogP contribution in [0, 0.1) is 23.6 Å². The molecule has 2 amide bonds. The number of carbonyl (C=O) groups is 2. The van der Waals surface area contributed by atoms with E-state index in [1.54, 1.807) is 21.9 Å². The van der Waals surface area contributed by atoms with E-state index in [1.807, 2.05) is 24.3 Å². The topological polar surface area (TPSA) is 60.9 Å². The number of amides is 2. The number of aliphatic hydroxyl groups excluding tert-OH is 1. The molecule has 0 unspecified atom stereocenters. The predicted molar refractivity (Wildman–Crippen MR) is 122 cm³/mol. The molecule has 1 saturated carbocycles. The Morgan fingerprint density at radius 3 is 2.48 bits per heavy atom. The first kappa shape index (κ1) is 21.7. The number of hydrogen-bond acceptors (Lipinski definition) is 3. The summed E-state index contributed by atoms with van der Waals surface area (Å²) in [5.41, 5.74) is 2.44. The molecule has 2 aromatic carbocycles. The molecule has 3 aliphatic rings. The molecule has 6 heteroatoms. The Morgan fingerprint density at radius 1 is 1.06 bits per heavy atom. The summed E-state index contributed by atoms with van der Waals surface area (Å²) >= 11 is 0. The Labute approximate surface area is 193 Å². The molecule has 3 atom stereocenters. The van der Waals surface area contributed by atoms with Crippen molar-refractivity contribution in [1.82, 2.24) is 9.80 Å². The van der Waals surface area contributed by atoms with E-state index in [1.165, 1.54) is 12.1 Å². The fraction of sp³-hybridized carbons (Fsp3) is 0.407. The number of hydrogen-bond donors (Lipinski definition) is 1. The third-order valence-electron chi connectivity index (χ3n) is 7.24. The zero-order valence-electron chi connectivity index (χ0n) is 18.4. The van der Waals surface area contributed by atoms with Gasteiger partial charge in [-0.25, -0.2) is 4.39 Å². The van der Waals surface area contributed by atoms with Crippen LogP contribution in [0.2, 0.25) is 0 Å². The van der Waals surface area contributed by atoms with Crippen molar-refractivity contribution in [2.24, 2.45) is 5.92 Å². The molecule has 0 spiro atoms. The second kappa shape index (κ2) is 8.99. The van der Waals surface area contributed by atoms with Crippen LogP contribution in [-0.2, 0) is 9.59 Å². The van der Waals surface area contributed by atoms with Gasteiger partial charge in [0.15, 0.2) is 0 Å². The smallest absolute Gasteiger partial charge is 0.242 e. The molecule has 33 heavy (non-hydrogen) atoms. The number of nitrogens with zero attached hydrogens (tertiary/aromatic N) is 2. The van der Waals surface area contributed by atoms with Gasteiger partial charge in [-0.3, -0.25) is 9.59 Å². The minimum absolute atomic E-state index is 0.0247. The third kappa shape index (κ3) is 4.14. The molecule has 2 saturated heterocycles. The molecule has 5 nitrogen and oxygen atoms in total. The molecule has 5 rings (SSSR count). The average molecular weight is 447 g/mol. The monoisotopic (exact) mass is 446 g/mol. The van der Waals surface area contributed by atoms with Crippen LogP contribution in [0.4, 0.5) is 4.39 Å². The van der Waals surface area contributed by atoms with E-state index in [4.69, 9.17) is 0 Å². The summed E-state index contributed by atoms with van der Waals surface area (Å²) in [6.07, 6.45) is 3.99. The maximum atomic E-state index is 13.3. The van der Waals surface area contributed by atoms with E-state index in [9.17, 15) is 19.1 Å². The van der Waals surface area contributed by atoms with Gasteiger partial charge in [-0.1, -0.05) is 42.9 Å². The van der Waals surface area contributed by atoms with Crippen molar-refractivity contribution in [1.29, 1.82) is 0 Å². The van der Waals surface area contributed by atoms with Gasteiger partial charge in [0.05, 0.1) is 25.2 Å². The first-order valence-electron chi connectivity index (χ1n) is 11.6. The highest BCUT2D eigenvalue weighted by Gasteiger charge is 2.54. The summed E-state index contributed by atoms with van der Waals surface area (Å²) in [6, 6.07) is 13.6. The minimum Gasteiger partial charge on any atom is -0.394 e. The van der Waals surface area contributed by atoms with E-state index in [-0.39, 0.29) is 54.7 Å². The molecule has 2 aromatic rings. The fourth-order valence-corrected chi connectivity index (χ4v) is 5.60. The summed E-state index contributed by atoms with van der Waals surface area (Å²) in [7, 11) is 0. The minimum atomic E-state index is -0.316. The van der Waals surface area contributed by atoms with Crippen molar-refractivity contribution in [3.8, 4) is 11.8 Å². The van der Waals surface area contributed by atoms with Gasteiger partial charge in [0.1, 0.15) is 5.82 Å². The van der Waals surface area contributed by atoms with Gasteiger partial charge in [0.2, 0.25) is 11.8 Å². The fourth-order valence-electron chi connectivity index (χ4n) is 5.60. The Bertz CT molecular complexity index is 1110. The molecule has 1 aliphatic carbocycles. The standard InChI is InChI=1S/C27H27FN2O3/c28-22-7-3-4-19(14-22)9-8-18-10-12-20(13-11-18)26-23-15-29(27(33)21-5-1-2-6-21)16-25(32)30(23)24(26)17-31/h3-4,7,10-14,21,23-24,26,31H,1-2,5-6,15-17H2/t23-,24-,26-/m1/s1. The van der Waals surface area contributed by atoms with Gasteiger partial charge in [-0.05, 0) is 48.7 Å². The van der Waals surface area contributed by atoms with Crippen molar-refractivity contribution in [3.63, 3.8) is 0 Å². The lowest BCUT2D eigenvalue weighted by Gasteiger charge is -2.59. The zero-order valence-corrected chi connectivity index (χ0v) is 18.4. The molecule has 3 fully saturated rings. The summed E-state index contributed by atoms with van der Waals surface area (Å²) in [6.45, 7) is 0.525. The zero-order chi connectivity index (χ0) is 22.9. The lowest BCUT2D eigenvalue weighted by atomic mass is 9.73. The molecule has 170 valence electrons. The number of benzene rings is 2. The number of rotatable bonds is 3. The molecule has 2 aliphatic heterocycles. The second-order valence-corrected chi connectivity index (χ2v) is 9.23. The number of halogens is 1. The molecule has 0 radical (unpaired) electrons. The molecule has 1 N–H and O–H groups in total. The van der Waals surface area contributed by atoms with Gasteiger partial charge >= 0.3 is 0 Å². The largest absolute Gasteiger partial charge is 0.394 e.